The van der Waals surface area contributed by atoms with Gasteiger partial charge in [0.25, 0.3) is 11.5 Å². The Kier molecular flexibility index (Phi) is 6.65. The molecule has 4 rings (SSSR count). The third-order valence-electron chi connectivity index (χ3n) is 5.34. The molecule has 0 saturated heterocycles. The molecule has 0 N–H and O–H groups in total. The number of esters is 1. The van der Waals surface area contributed by atoms with Crippen LogP contribution in [0.25, 0.3) is 0 Å². The Morgan fingerprint density at radius 3 is 2.75 bits per heavy atom. The molecule has 3 aromatic heterocycles. The maximum atomic E-state index is 12.9. The van der Waals surface area contributed by atoms with Crippen LogP contribution in [0.1, 0.15) is 31.4 Å². The minimum absolute atomic E-state index is 0.0766. The van der Waals surface area contributed by atoms with Gasteiger partial charge in [-0.05, 0) is 23.6 Å². The van der Waals surface area contributed by atoms with E-state index in [1.807, 2.05) is 29.6 Å². The van der Waals surface area contributed by atoms with E-state index in [4.69, 9.17) is 9.47 Å². The quantitative estimate of drug-likeness (QED) is 0.533. The largest absolute Gasteiger partial charge is 0.492 e. The summed E-state index contributed by atoms with van der Waals surface area (Å²) >= 11 is 1.38. The van der Waals surface area contributed by atoms with E-state index in [1.54, 1.807) is 21.7 Å². The van der Waals surface area contributed by atoms with Crippen LogP contribution in [0.15, 0.2) is 52.8 Å². The highest BCUT2D eigenvalue weighted by molar-refractivity contribution is 7.12. The predicted molar refractivity (Wildman–Crippen MR) is 119 cm³/mol. The van der Waals surface area contributed by atoms with Crippen molar-refractivity contribution < 1.29 is 19.1 Å². The molecule has 0 bridgehead atoms. The number of hydrogen-bond donors (Lipinski definition) is 0. The number of nitrogens with zero attached hydrogens (tertiary/aromatic N) is 3. The van der Waals surface area contributed by atoms with Crippen LogP contribution < -0.4 is 10.3 Å². The van der Waals surface area contributed by atoms with Crippen LogP contribution in [0.2, 0.25) is 0 Å². The maximum absolute atomic E-state index is 12.9. The van der Waals surface area contributed by atoms with Gasteiger partial charge in [0.15, 0.2) is 0 Å². The molecule has 8 nitrogen and oxygen atoms in total. The Morgan fingerprint density at radius 2 is 2.03 bits per heavy atom. The molecule has 0 radical (unpaired) electrons. The van der Waals surface area contributed by atoms with Gasteiger partial charge in [0.2, 0.25) is 0 Å². The van der Waals surface area contributed by atoms with Crippen LogP contribution in [0.4, 0.5) is 0 Å². The van der Waals surface area contributed by atoms with E-state index in [2.05, 4.69) is 4.98 Å². The molecule has 0 aliphatic carbocycles. The zero-order valence-corrected chi connectivity index (χ0v) is 18.5. The molecule has 1 amide bonds. The van der Waals surface area contributed by atoms with Gasteiger partial charge in [0.1, 0.15) is 11.3 Å². The number of thiophene rings is 1. The summed E-state index contributed by atoms with van der Waals surface area (Å²) in [5.74, 6) is -0.450. The summed E-state index contributed by atoms with van der Waals surface area (Å²) in [6.07, 6.45) is 2.57. The molecule has 0 unspecified atom stereocenters. The van der Waals surface area contributed by atoms with Crippen LogP contribution in [-0.4, -0.2) is 53.1 Å². The summed E-state index contributed by atoms with van der Waals surface area (Å²) in [6.45, 7) is 1.32. The number of carbonyl (C=O) groups is 2. The first-order valence-corrected chi connectivity index (χ1v) is 11.2. The van der Waals surface area contributed by atoms with Gasteiger partial charge in [-0.1, -0.05) is 12.1 Å². The second-order valence-electron chi connectivity index (χ2n) is 7.25. The van der Waals surface area contributed by atoms with Crippen molar-refractivity contribution in [1.82, 2.24) is 14.5 Å². The van der Waals surface area contributed by atoms with Crippen LogP contribution in [-0.2, 0) is 24.1 Å². The van der Waals surface area contributed by atoms with Gasteiger partial charge in [0.05, 0.1) is 18.6 Å². The van der Waals surface area contributed by atoms with Crippen LogP contribution >= 0.6 is 11.3 Å². The molecule has 0 atom stereocenters. The van der Waals surface area contributed by atoms with Crippen molar-refractivity contribution in [1.29, 1.82) is 0 Å². The van der Waals surface area contributed by atoms with Gasteiger partial charge in [-0.3, -0.25) is 14.6 Å². The number of ether oxygens (including phenoxy) is 2. The monoisotopic (exact) mass is 453 g/mol. The van der Waals surface area contributed by atoms with Gasteiger partial charge in [-0.15, -0.1) is 11.3 Å². The molecule has 4 heterocycles. The molecule has 0 fully saturated rings. The molecule has 1 aliphatic heterocycles. The van der Waals surface area contributed by atoms with Crippen molar-refractivity contribution in [3.8, 4) is 5.75 Å². The number of carbonyl (C=O) groups excluding carboxylic acids is 2. The van der Waals surface area contributed by atoms with Crippen molar-refractivity contribution in [3.05, 3.63) is 80.2 Å². The maximum Gasteiger partial charge on any atom is 0.343 e. The molecule has 0 aromatic carbocycles. The predicted octanol–water partition coefficient (Wildman–Crippen LogP) is 2.41. The minimum atomic E-state index is -0.570. The van der Waals surface area contributed by atoms with Crippen molar-refractivity contribution in [2.24, 2.45) is 0 Å². The number of methoxy groups -OCH3 is 1. The Labute approximate surface area is 189 Å². The number of pyridine rings is 2. The highest BCUT2D eigenvalue weighted by Crippen LogP contribution is 2.25. The lowest BCUT2D eigenvalue weighted by Gasteiger charge is -2.18. The Hall–Kier alpha value is -3.46. The van der Waals surface area contributed by atoms with Gasteiger partial charge in [-0.2, -0.15) is 0 Å². The fourth-order valence-electron chi connectivity index (χ4n) is 3.76. The molecule has 166 valence electrons. The minimum Gasteiger partial charge on any atom is -0.492 e. The second kappa shape index (κ2) is 9.78. The SMILES string of the molecule is COC(=O)c1c(OCCc2ccccn2)cc(=O)n2c1CCN(C(=O)c1cccs1)CC2. The average Bonchev–Trinajstić information content (AvgIpc) is 3.26. The van der Waals surface area contributed by atoms with Crippen LogP contribution in [0.3, 0.4) is 0 Å². The van der Waals surface area contributed by atoms with Gasteiger partial charge in [0, 0.05) is 56.1 Å². The highest BCUT2D eigenvalue weighted by Gasteiger charge is 2.28. The van der Waals surface area contributed by atoms with Crippen molar-refractivity contribution in [2.75, 3.05) is 26.8 Å². The van der Waals surface area contributed by atoms with Crippen LogP contribution in [0.5, 0.6) is 5.75 Å². The van der Waals surface area contributed by atoms with Crippen LogP contribution in [0, 0.1) is 0 Å². The van der Waals surface area contributed by atoms with E-state index in [9.17, 15) is 14.4 Å². The number of fused-ring (bicyclic) bond motifs is 1. The van der Waals surface area contributed by atoms with E-state index in [0.717, 1.165) is 5.69 Å². The average molecular weight is 454 g/mol. The summed E-state index contributed by atoms with van der Waals surface area (Å²) in [5, 5.41) is 1.86. The highest BCUT2D eigenvalue weighted by atomic mass is 32.1. The molecule has 32 heavy (non-hydrogen) atoms. The number of amides is 1. The topological polar surface area (TPSA) is 90.7 Å². The number of rotatable bonds is 6. The zero-order valence-electron chi connectivity index (χ0n) is 17.7. The second-order valence-corrected chi connectivity index (χ2v) is 8.20. The summed E-state index contributed by atoms with van der Waals surface area (Å²) in [4.78, 5) is 44.9. The first-order valence-electron chi connectivity index (χ1n) is 10.3. The van der Waals surface area contributed by atoms with E-state index in [1.165, 1.54) is 24.5 Å². The first-order chi connectivity index (χ1) is 15.6. The zero-order chi connectivity index (χ0) is 22.5. The van der Waals surface area contributed by atoms with Gasteiger partial charge >= 0.3 is 5.97 Å². The van der Waals surface area contributed by atoms with Crippen molar-refractivity contribution >= 4 is 23.2 Å². The Bertz CT molecular complexity index is 1160. The van der Waals surface area contributed by atoms with E-state index < -0.39 is 5.97 Å². The third kappa shape index (κ3) is 4.57. The van der Waals surface area contributed by atoms with Crippen molar-refractivity contribution in [3.63, 3.8) is 0 Å². The lowest BCUT2D eigenvalue weighted by molar-refractivity contribution is 0.0593. The Balaban J connectivity index is 1.59. The van der Waals surface area contributed by atoms with E-state index in [0.29, 0.717) is 43.0 Å². The number of aromatic nitrogens is 2. The first kappa shape index (κ1) is 21.8. The molecule has 1 aliphatic rings. The van der Waals surface area contributed by atoms with Gasteiger partial charge < -0.3 is 18.9 Å². The molecule has 9 heteroatoms. The smallest absolute Gasteiger partial charge is 0.343 e. The third-order valence-corrected chi connectivity index (χ3v) is 6.20. The normalized spacial score (nSPS) is 13.2. The summed E-state index contributed by atoms with van der Waals surface area (Å²) in [7, 11) is 1.30. The molecule has 3 aromatic rings. The van der Waals surface area contributed by atoms with Gasteiger partial charge in [-0.25, -0.2) is 4.79 Å². The lowest BCUT2D eigenvalue weighted by Crippen LogP contribution is -2.33. The summed E-state index contributed by atoms with van der Waals surface area (Å²) < 4.78 is 12.4. The lowest BCUT2D eigenvalue weighted by atomic mass is 10.1. The van der Waals surface area contributed by atoms with Crippen molar-refractivity contribution in [2.45, 2.75) is 19.4 Å². The number of hydrogen-bond acceptors (Lipinski definition) is 7. The molecular formula is C23H23N3O5S. The fourth-order valence-corrected chi connectivity index (χ4v) is 4.45. The fraction of sp³-hybridized carbons (Fsp3) is 0.304. The molecule has 0 spiro atoms. The molecular weight excluding hydrogens is 430 g/mol. The summed E-state index contributed by atoms with van der Waals surface area (Å²) in [6, 6.07) is 10.5. The summed E-state index contributed by atoms with van der Waals surface area (Å²) in [5.41, 5.74) is 1.34. The molecule has 0 saturated carbocycles. The van der Waals surface area contributed by atoms with E-state index in [-0.39, 0.29) is 29.4 Å². The standard InChI is InChI=1S/C23H23N3O5S/c1-30-23(29)21-17-7-10-25(22(28)19-6-4-14-32-19)11-12-26(17)20(27)15-18(21)31-13-8-16-5-2-3-9-24-16/h2-6,9,14-15H,7-8,10-13H2,1H3. The van der Waals surface area contributed by atoms with E-state index >= 15 is 0 Å². The Morgan fingerprint density at radius 1 is 1.16 bits per heavy atom.